The van der Waals surface area contributed by atoms with Gasteiger partial charge in [-0.15, -0.1) is 0 Å². The standard InChI is InChI=1S/C55H35N5/c1-3-14-34(15-4-1)53-56-54(35-16-5-2-6-17-35)58-55(57-53)60-48-25-12-10-21-41(48)46-33-37(27-30-51(46)60)36-26-29-50-45(32-36)40-20-9-11-24-47(40)59(50)49-31-28-43-39-19-8-7-18-38(39)42-22-13-23-44(49)52(42)43/h1-33,41,48H. The van der Waals surface area contributed by atoms with E-state index in [4.69, 9.17) is 15.0 Å². The van der Waals surface area contributed by atoms with Crippen LogP contribution in [0.4, 0.5) is 11.6 Å². The lowest BCUT2D eigenvalue weighted by atomic mass is 9.89. The molecule has 3 heterocycles. The molecule has 0 saturated carbocycles. The molecule has 0 saturated heterocycles. The van der Waals surface area contributed by atoms with E-state index in [9.17, 15) is 0 Å². The number of anilines is 2. The summed E-state index contributed by atoms with van der Waals surface area (Å²) >= 11 is 0. The lowest BCUT2D eigenvalue weighted by Crippen LogP contribution is -2.30. The summed E-state index contributed by atoms with van der Waals surface area (Å²) in [6.07, 6.45) is 8.90. The third kappa shape index (κ3) is 4.83. The van der Waals surface area contributed by atoms with E-state index < -0.39 is 0 Å². The molecule has 2 aromatic heterocycles. The second-order valence-electron chi connectivity index (χ2n) is 15.9. The average Bonchev–Trinajstić information content (AvgIpc) is 3.96. The Kier molecular flexibility index (Phi) is 7.07. The van der Waals surface area contributed by atoms with Crippen LogP contribution in [0.2, 0.25) is 0 Å². The molecule has 2 atom stereocenters. The number of benzene rings is 8. The van der Waals surface area contributed by atoms with Crippen molar-refractivity contribution in [2.75, 3.05) is 4.90 Å². The lowest BCUT2D eigenvalue weighted by molar-refractivity contribution is 0.728. The first kappa shape index (κ1) is 33.1. The summed E-state index contributed by atoms with van der Waals surface area (Å²) in [6.45, 7) is 0. The van der Waals surface area contributed by atoms with Crippen molar-refractivity contribution in [3.05, 3.63) is 206 Å². The fraction of sp³-hybridized carbons (Fsp3) is 0.0364. The van der Waals surface area contributed by atoms with Crippen LogP contribution >= 0.6 is 0 Å². The van der Waals surface area contributed by atoms with Gasteiger partial charge in [-0.25, -0.2) is 4.98 Å². The minimum absolute atomic E-state index is 0.0286. The van der Waals surface area contributed by atoms with Gasteiger partial charge in [-0.1, -0.05) is 164 Å². The van der Waals surface area contributed by atoms with E-state index in [0.29, 0.717) is 17.6 Å². The summed E-state index contributed by atoms with van der Waals surface area (Å²) in [5.41, 5.74) is 15.5. The van der Waals surface area contributed by atoms with Crippen molar-refractivity contribution < 1.29 is 0 Å². The SMILES string of the molecule is C1=CC2c3cc(-c4ccc5c(c4)c4ccccc4n5-c4ccc5c6c(cccc46)-c4ccccc4-5)ccc3N(c3nc(-c4ccccc4)nc(-c4ccccc4)n3)C2C=C1. The minimum atomic E-state index is 0.0286. The Morgan fingerprint density at radius 1 is 0.400 bits per heavy atom. The van der Waals surface area contributed by atoms with Gasteiger partial charge < -0.3 is 9.47 Å². The van der Waals surface area contributed by atoms with Crippen molar-refractivity contribution >= 4 is 44.2 Å². The van der Waals surface area contributed by atoms with Gasteiger partial charge in [0.15, 0.2) is 11.6 Å². The number of aromatic nitrogens is 4. The Balaban J connectivity index is 0.948. The molecule has 8 aromatic carbocycles. The van der Waals surface area contributed by atoms with E-state index in [2.05, 4.69) is 173 Å². The minimum Gasteiger partial charge on any atom is -0.309 e. The molecule has 0 spiro atoms. The number of hydrogen-bond donors (Lipinski definition) is 0. The summed E-state index contributed by atoms with van der Waals surface area (Å²) in [5.74, 6) is 2.10. The molecule has 5 nitrogen and oxygen atoms in total. The van der Waals surface area contributed by atoms with Gasteiger partial charge in [0, 0.05) is 38.9 Å². The first-order chi connectivity index (χ1) is 29.8. The Bertz CT molecular complexity index is 3370. The van der Waals surface area contributed by atoms with Crippen LogP contribution in [-0.2, 0) is 0 Å². The maximum absolute atomic E-state index is 5.16. The van der Waals surface area contributed by atoms with E-state index >= 15 is 0 Å². The van der Waals surface area contributed by atoms with Crippen molar-refractivity contribution in [2.24, 2.45) is 0 Å². The molecule has 280 valence electrons. The number of nitrogens with zero attached hydrogens (tertiary/aromatic N) is 5. The summed E-state index contributed by atoms with van der Waals surface area (Å²) in [5, 5.41) is 5.08. The van der Waals surface area contributed by atoms with Gasteiger partial charge in [0.25, 0.3) is 0 Å². The Labute approximate surface area is 346 Å². The molecule has 10 aromatic rings. The van der Waals surface area contributed by atoms with Crippen LogP contribution in [-0.4, -0.2) is 25.6 Å². The molecule has 13 rings (SSSR count). The zero-order valence-corrected chi connectivity index (χ0v) is 32.4. The van der Waals surface area contributed by atoms with E-state index in [-0.39, 0.29) is 12.0 Å². The average molecular weight is 766 g/mol. The van der Waals surface area contributed by atoms with Gasteiger partial charge in [0.05, 0.1) is 22.8 Å². The second kappa shape index (κ2) is 12.8. The number of allylic oxidation sites excluding steroid dienone is 2. The highest BCUT2D eigenvalue weighted by molar-refractivity contribution is 6.19. The topological polar surface area (TPSA) is 46.8 Å². The fourth-order valence-corrected chi connectivity index (χ4v) is 10.1. The maximum Gasteiger partial charge on any atom is 0.234 e. The summed E-state index contributed by atoms with van der Waals surface area (Å²) in [6, 6.07) is 63.3. The van der Waals surface area contributed by atoms with Crippen LogP contribution in [0.15, 0.2) is 200 Å². The third-order valence-corrected chi connectivity index (χ3v) is 12.7. The van der Waals surface area contributed by atoms with Gasteiger partial charge in [-0.05, 0) is 80.7 Å². The van der Waals surface area contributed by atoms with Crippen LogP contribution in [0.5, 0.6) is 0 Å². The predicted octanol–water partition coefficient (Wildman–Crippen LogP) is 13.5. The molecule has 0 bridgehead atoms. The van der Waals surface area contributed by atoms with Crippen LogP contribution in [0.1, 0.15) is 11.5 Å². The molecule has 3 aliphatic rings. The molecule has 2 unspecified atom stereocenters. The van der Waals surface area contributed by atoms with Crippen molar-refractivity contribution in [3.8, 4) is 61.8 Å². The quantitative estimate of drug-likeness (QED) is 0.175. The summed E-state index contributed by atoms with van der Waals surface area (Å²) in [7, 11) is 0. The molecule has 0 N–H and O–H groups in total. The molecule has 0 fully saturated rings. The van der Waals surface area contributed by atoms with Gasteiger partial charge >= 0.3 is 0 Å². The molecule has 1 aliphatic heterocycles. The predicted molar refractivity (Wildman–Crippen MR) is 246 cm³/mol. The van der Waals surface area contributed by atoms with Gasteiger partial charge in [-0.2, -0.15) is 9.97 Å². The lowest BCUT2D eigenvalue weighted by Gasteiger charge is -2.27. The van der Waals surface area contributed by atoms with Crippen molar-refractivity contribution in [1.29, 1.82) is 0 Å². The number of hydrogen-bond acceptors (Lipinski definition) is 4. The van der Waals surface area contributed by atoms with E-state index in [1.165, 1.54) is 77.2 Å². The van der Waals surface area contributed by atoms with E-state index in [1.807, 2.05) is 36.4 Å². The Hall–Kier alpha value is -7.89. The molecular weight excluding hydrogens is 731 g/mol. The summed E-state index contributed by atoms with van der Waals surface area (Å²) < 4.78 is 2.47. The normalized spacial score (nSPS) is 15.8. The molecule has 0 amide bonds. The van der Waals surface area contributed by atoms with Crippen LogP contribution < -0.4 is 4.90 Å². The zero-order valence-electron chi connectivity index (χ0n) is 32.4. The maximum atomic E-state index is 5.16. The largest absolute Gasteiger partial charge is 0.309 e. The van der Waals surface area contributed by atoms with E-state index in [1.54, 1.807) is 0 Å². The van der Waals surface area contributed by atoms with Crippen LogP contribution in [0, 0.1) is 0 Å². The monoisotopic (exact) mass is 765 g/mol. The molecule has 60 heavy (non-hydrogen) atoms. The highest BCUT2D eigenvalue weighted by Crippen LogP contribution is 2.51. The molecular formula is C55H35N5. The summed E-state index contributed by atoms with van der Waals surface area (Å²) in [4.78, 5) is 17.6. The zero-order chi connectivity index (χ0) is 39.3. The highest BCUT2D eigenvalue weighted by Gasteiger charge is 2.39. The highest BCUT2D eigenvalue weighted by atomic mass is 15.3. The molecule has 5 heteroatoms. The van der Waals surface area contributed by atoms with Crippen LogP contribution in [0.25, 0.3) is 94.4 Å². The van der Waals surface area contributed by atoms with Crippen molar-refractivity contribution in [1.82, 2.24) is 19.5 Å². The van der Waals surface area contributed by atoms with Gasteiger partial charge in [-0.3, -0.25) is 0 Å². The fourth-order valence-electron chi connectivity index (χ4n) is 10.1. The van der Waals surface area contributed by atoms with Crippen molar-refractivity contribution in [3.63, 3.8) is 0 Å². The Morgan fingerprint density at radius 2 is 1.00 bits per heavy atom. The number of para-hydroxylation sites is 1. The molecule has 2 aliphatic carbocycles. The van der Waals surface area contributed by atoms with Gasteiger partial charge in [0.1, 0.15) is 0 Å². The number of rotatable bonds is 5. The third-order valence-electron chi connectivity index (χ3n) is 12.7. The second-order valence-corrected chi connectivity index (χ2v) is 15.9. The number of fused-ring (bicyclic) bond motifs is 9. The molecule has 0 radical (unpaired) electrons. The van der Waals surface area contributed by atoms with Crippen LogP contribution in [0.3, 0.4) is 0 Å². The Morgan fingerprint density at radius 3 is 1.78 bits per heavy atom. The van der Waals surface area contributed by atoms with E-state index in [0.717, 1.165) is 16.8 Å². The first-order valence-electron chi connectivity index (χ1n) is 20.6. The van der Waals surface area contributed by atoms with Crippen molar-refractivity contribution in [2.45, 2.75) is 12.0 Å². The van der Waals surface area contributed by atoms with Gasteiger partial charge in [0.2, 0.25) is 5.95 Å². The first-order valence-corrected chi connectivity index (χ1v) is 20.6. The smallest absolute Gasteiger partial charge is 0.234 e.